The van der Waals surface area contributed by atoms with Gasteiger partial charge in [0.25, 0.3) is 5.91 Å². The van der Waals surface area contributed by atoms with Crippen LogP contribution in [0.5, 0.6) is 5.75 Å². The number of amides is 1. The smallest absolute Gasteiger partial charge is 0.252 e. The van der Waals surface area contributed by atoms with Gasteiger partial charge >= 0.3 is 0 Å². The van der Waals surface area contributed by atoms with Gasteiger partial charge in [0.05, 0.1) is 6.07 Å². The number of benzene rings is 1. The number of hydrogen-bond donors (Lipinski definition) is 1. The number of nitriles is 1. The number of hydrogen-bond acceptors (Lipinski definition) is 3. The highest BCUT2D eigenvalue weighted by Crippen LogP contribution is 2.29. The van der Waals surface area contributed by atoms with Gasteiger partial charge in [-0.05, 0) is 49.9 Å². The fourth-order valence-corrected chi connectivity index (χ4v) is 2.39. The van der Waals surface area contributed by atoms with Crippen LogP contribution in [0.4, 0.5) is 0 Å². The van der Waals surface area contributed by atoms with Crippen molar-refractivity contribution in [2.45, 2.75) is 31.2 Å². The van der Waals surface area contributed by atoms with Crippen molar-refractivity contribution in [3.63, 3.8) is 0 Å². The molecule has 1 N–H and O–H groups in total. The maximum atomic E-state index is 12.2. The van der Waals surface area contributed by atoms with E-state index in [4.69, 9.17) is 4.74 Å². The number of carbonyl (C=O) groups excluding carboxylic acids is 1. The summed E-state index contributed by atoms with van der Waals surface area (Å²) in [4.78, 5) is 12.2. The third-order valence-electron chi connectivity index (χ3n) is 3.51. The Bertz CT molecular complexity index is 522. The molecule has 20 heavy (non-hydrogen) atoms. The van der Waals surface area contributed by atoms with E-state index in [0.29, 0.717) is 17.9 Å². The van der Waals surface area contributed by atoms with Crippen LogP contribution in [0.3, 0.4) is 0 Å². The van der Waals surface area contributed by atoms with E-state index in [2.05, 4.69) is 18.0 Å². The number of carbonyl (C=O) groups is 1. The Morgan fingerprint density at radius 3 is 2.60 bits per heavy atom. The predicted molar refractivity (Wildman–Crippen MR) is 76.4 cm³/mol. The standard InChI is InChI=1S/C16H18N2O2/c1-2-11-20-14-7-5-13(6-8-14)15(19)18-16(12-17)9-3-4-10-16/h2,5-8H,1,3-4,9-11H2,(H,18,19). The molecule has 1 aromatic rings. The number of nitrogens with zero attached hydrogens (tertiary/aromatic N) is 1. The van der Waals surface area contributed by atoms with E-state index in [1.165, 1.54) is 0 Å². The Morgan fingerprint density at radius 2 is 2.05 bits per heavy atom. The van der Waals surface area contributed by atoms with E-state index >= 15 is 0 Å². The van der Waals surface area contributed by atoms with Crippen LogP contribution in [-0.4, -0.2) is 18.1 Å². The van der Waals surface area contributed by atoms with E-state index in [-0.39, 0.29) is 5.91 Å². The first kappa shape index (κ1) is 14.1. The van der Waals surface area contributed by atoms with Crippen LogP contribution in [0.1, 0.15) is 36.0 Å². The molecule has 1 amide bonds. The molecular formula is C16H18N2O2. The quantitative estimate of drug-likeness (QED) is 0.837. The summed E-state index contributed by atoms with van der Waals surface area (Å²) >= 11 is 0. The molecule has 2 rings (SSSR count). The second-order valence-corrected chi connectivity index (χ2v) is 4.98. The molecule has 4 heteroatoms. The lowest BCUT2D eigenvalue weighted by Gasteiger charge is -2.22. The highest BCUT2D eigenvalue weighted by molar-refractivity contribution is 5.95. The minimum absolute atomic E-state index is 0.205. The van der Waals surface area contributed by atoms with Gasteiger partial charge < -0.3 is 10.1 Å². The summed E-state index contributed by atoms with van der Waals surface area (Å²) in [5, 5.41) is 12.1. The van der Waals surface area contributed by atoms with Crippen LogP contribution in [-0.2, 0) is 0 Å². The zero-order chi connectivity index (χ0) is 14.4. The summed E-state index contributed by atoms with van der Waals surface area (Å²) in [7, 11) is 0. The molecule has 0 radical (unpaired) electrons. The van der Waals surface area contributed by atoms with Crippen molar-refractivity contribution >= 4 is 5.91 Å². The van der Waals surface area contributed by atoms with Gasteiger partial charge in [-0.2, -0.15) is 5.26 Å². The molecule has 0 aliphatic heterocycles. The number of ether oxygens (including phenoxy) is 1. The Morgan fingerprint density at radius 1 is 1.40 bits per heavy atom. The van der Waals surface area contributed by atoms with Crippen molar-refractivity contribution in [1.29, 1.82) is 5.26 Å². The average Bonchev–Trinajstić information content (AvgIpc) is 2.94. The van der Waals surface area contributed by atoms with Gasteiger partial charge in [-0.15, -0.1) is 0 Å². The van der Waals surface area contributed by atoms with Gasteiger partial charge in [0, 0.05) is 5.56 Å². The molecule has 0 unspecified atom stereocenters. The predicted octanol–water partition coefficient (Wildman–Crippen LogP) is 2.82. The van der Waals surface area contributed by atoms with Crippen LogP contribution in [0, 0.1) is 11.3 Å². The minimum atomic E-state index is -0.685. The van der Waals surface area contributed by atoms with Crippen LogP contribution >= 0.6 is 0 Å². The number of nitrogens with one attached hydrogen (secondary N) is 1. The van der Waals surface area contributed by atoms with Crippen LogP contribution in [0.25, 0.3) is 0 Å². The zero-order valence-electron chi connectivity index (χ0n) is 11.4. The summed E-state index contributed by atoms with van der Waals surface area (Å²) in [6.45, 7) is 4.01. The van der Waals surface area contributed by atoms with E-state index in [1.807, 2.05) is 0 Å². The van der Waals surface area contributed by atoms with Crippen LogP contribution in [0.15, 0.2) is 36.9 Å². The second kappa shape index (κ2) is 6.25. The van der Waals surface area contributed by atoms with Crippen molar-refractivity contribution in [2.75, 3.05) is 6.61 Å². The van der Waals surface area contributed by atoms with Gasteiger partial charge in [-0.1, -0.05) is 12.7 Å². The van der Waals surface area contributed by atoms with Gasteiger partial charge in [-0.3, -0.25) is 4.79 Å². The maximum absolute atomic E-state index is 12.2. The van der Waals surface area contributed by atoms with Crippen molar-refractivity contribution in [1.82, 2.24) is 5.32 Å². The van der Waals surface area contributed by atoms with Crippen molar-refractivity contribution in [2.24, 2.45) is 0 Å². The van der Waals surface area contributed by atoms with E-state index < -0.39 is 5.54 Å². The molecule has 1 aliphatic rings. The lowest BCUT2D eigenvalue weighted by Crippen LogP contribution is -2.45. The zero-order valence-corrected chi connectivity index (χ0v) is 11.4. The largest absolute Gasteiger partial charge is 0.490 e. The molecule has 1 aromatic carbocycles. The highest BCUT2D eigenvalue weighted by Gasteiger charge is 2.35. The Hall–Kier alpha value is -2.28. The first-order chi connectivity index (χ1) is 9.69. The van der Waals surface area contributed by atoms with E-state index in [0.717, 1.165) is 25.7 Å². The molecule has 0 atom stereocenters. The lowest BCUT2D eigenvalue weighted by molar-refractivity contribution is 0.0920. The molecule has 0 heterocycles. The molecular weight excluding hydrogens is 252 g/mol. The molecule has 0 bridgehead atoms. The summed E-state index contributed by atoms with van der Waals surface area (Å²) < 4.78 is 5.36. The maximum Gasteiger partial charge on any atom is 0.252 e. The first-order valence-electron chi connectivity index (χ1n) is 6.77. The fraction of sp³-hybridized carbons (Fsp3) is 0.375. The summed E-state index contributed by atoms with van der Waals surface area (Å²) in [6.07, 6.45) is 5.10. The van der Waals surface area contributed by atoms with Gasteiger partial charge in [0.1, 0.15) is 17.9 Å². The molecule has 1 aliphatic carbocycles. The SMILES string of the molecule is C=CCOc1ccc(C(=O)NC2(C#N)CCCC2)cc1. The van der Waals surface area contributed by atoms with Crippen molar-refractivity contribution in [3.05, 3.63) is 42.5 Å². The van der Waals surface area contributed by atoms with Crippen molar-refractivity contribution in [3.8, 4) is 11.8 Å². The monoisotopic (exact) mass is 270 g/mol. The highest BCUT2D eigenvalue weighted by atomic mass is 16.5. The summed E-state index contributed by atoms with van der Waals surface area (Å²) in [5.41, 5.74) is -0.146. The van der Waals surface area contributed by atoms with Gasteiger partial charge in [-0.25, -0.2) is 0 Å². The molecule has 0 saturated heterocycles. The van der Waals surface area contributed by atoms with Crippen molar-refractivity contribution < 1.29 is 9.53 Å². The van der Waals surface area contributed by atoms with E-state index in [1.54, 1.807) is 30.3 Å². The Balaban J connectivity index is 2.02. The fourth-order valence-electron chi connectivity index (χ4n) is 2.39. The molecule has 1 saturated carbocycles. The number of rotatable bonds is 5. The second-order valence-electron chi connectivity index (χ2n) is 4.98. The third-order valence-corrected chi connectivity index (χ3v) is 3.51. The Kier molecular flexibility index (Phi) is 4.41. The van der Waals surface area contributed by atoms with Gasteiger partial charge in [0.15, 0.2) is 0 Å². The summed E-state index contributed by atoms with van der Waals surface area (Å²) in [5.74, 6) is 0.487. The molecule has 104 valence electrons. The molecule has 0 spiro atoms. The minimum Gasteiger partial charge on any atom is -0.490 e. The lowest BCUT2D eigenvalue weighted by atomic mass is 9.99. The van der Waals surface area contributed by atoms with E-state index in [9.17, 15) is 10.1 Å². The average molecular weight is 270 g/mol. The molecule has 1 fully saturated rings. The Labute approximate surface area is 119 Å². The molecule has 4 nitrogen and oxygen atoms in total. The van der Waals surface area contributed by atoms with Crippen LogP contribution in [0.2, 0.25) is 0 Å². The third kappa shape index (κ3) is 3.18. The molecule has 0 aromatic heterocycles. The van der Waals surface area contributed by atoms with Crippen LogP contribution < -0.4 is 10.1 Å². The summed E-state index contributed by atoms with van der Waals surface area (Å²) in [6, 6.07) is 9.14. The van der Waals surface area contributed by atoms with Gasteiger partial charge in [0.2, 0.25) is 0 Å². The topological polar surface area (TPSA) is 62.1 Å². The normalized spacial score (nSPS) is 16.1. The first-order valence-corrected chi connectivity index (χ1v) is 6.77.